The lowest BCUT2D eigenvalue weighted by atomic mass is 10.2. The third-order valence-corrected chi connectivity index (χ3v) is 4.26. The van der Waals surface area contributed by atoms with Crippen molar-refractivity contribution in [1.82, 2.24) is 9.36 Å². The molecule has 3 rings (SSSR count). The quantitative estimate of drug-likeness (QED) is 0.697. The number of anilines is 2. The Bertz CT molecular complexity index is 839. The largest absolute Gasteiger partial charge is 0.373 e. The van der Waals surface area contributed by atoms with Gasteiger partial charge in [0.15, 0.2) is 5.15 Å². The van der Waals surface area contributed by atoms with Gasteiger partial charge in [-0.25, -0.2) is 4.98 Å². The van der Waals surface area contributed by atoms with Crippen LogP contribution in [0.25, 0.3) is 10.9 Å². The number of benzene rings is 1. The van der Waals surface area contributed by atoms with Gasteiger partial charge in [-0.3, -0.25) is 0 Å². The molecule has 0 saturated heterocycles. The molecule has 0 radical (unpaired) electrons. The Balaban J connectivity index is 1.57. The Kier molecular flexibility index (Phi) is 4.37. The SMILES string of the molecule is N#Cc1c(Cl)nsc1NCCNc1ccc2ccccc2n1. The summed E-state index contributed by atoms with van der Waals surface area (Å²) in [4.78, 5) is 4.54. The molecule has 0 atom stereocenters. The van der Waals surface area contributed by atoms with E-state index < -0.39 is 0 Å². The summed E-state index contributed by atoms with van der Waals surface area (Å²) < 4.78 is 3.95. The lowest BCUT2D eigenvalue weighted by Crippen LogP contribution is -2.14. The molecular weight excluding hydrogens is 318 g/mol. The number of hydrogen-bond donors (Lipinski definition) is 2. The fourth-order valence-electron chi connectivity index (χ4n) is 2.02. The maximum Gasteiger partial charge on any atom is 0.162 e. The van der Waals surface area contributed by atoms with E-state index in [1.807, 2.05) is 42.5 Å². The van der Waals surface area contributed by atoms with Crippen LogP contribution in [0.5, 0.6) is 0 Å². The zero-order chi connectivity index (χ0) is 15.4. The minimum atomic E-state index is 0.249. The molecule has 2 aromatic heterocycles. The van der Waals surface area contributed by atoms with Gasteiger partial charge in [-0.2, -0.15) is 9.64 Å². The van der Waals surface area contributed by atoms with Crippen molar-refractivity contribution in [3.63, 3.8) is 0 Å². The number of fused-ring (bicyclic) bond motifs is 1. The zero-order valence-corrected chi connectivity index (χ0v) is 13.1. The van der Waals surface area contributed by atoms with Gasteiger partial charge in [-0.15, -0.1) is 0 Å². The van der Waals surface area contributed by atoms with E-state index in [0.717, 1.165) is 16.7 Å². The first kappa shape index (κ1) is 14.6. The number of rotatable bonds is 5. The van der Waals surface area contributed by atoms with Crippen molar-refractivity contribution in [2.75, 3.05) is 23.7 Å². The van der Waals surface area contributed by atoms with Crippen LogP contribution in [0.3, 0.4) is 0 Å². The maximum absolute atomic E-state index is 8.99. The number of nitriles is 1. The lowest BCUT2D eigenvalue weighted by Gasteiger charge is -2.07. The molecule has 3 aromatic rings. The average molecular weight is 330 g/mol. The van der Waals surface area contributed by atoms with Crippen LogP contribution in [0.1, 0.15) is 5.56 Å². The minimum Gasteiger partial charge on any atom is -0.373 e. The number of nitrogens with one attached hydrogen (secondary N) is 2. The van der Waals surface area contributed by atoms with E-state index in [1.165, 1.54) is 11.5 Å². The van der Waals surface area contributed by atoms with Crippen LogP contribution in [0.4, 0.5) is 10.8 Å². The van der Waals surface area contributed by atoms with Gasteiger partial charge in [0, 0.05) is 18.5 Å². The highest BCUT2D eigenvalue weighted by molar-refractivity contribution is 7.10. The molecule has 0 bridgehead atoms. The highest BCUT2D eigenvalue weighted by atomic mass is 35.5. The van der Waals surface area contributed by atoms with E-state index in [4.69, 9.17) is 16.9 Å². The highest BCUT2D eigenvalue weighted by Gasteiger charge is 2.10. The summed E-state index contributed by atoms with van der Waals surface area (Å²) in [6.07, 6.45) is 0. The molecule has 5 nitrogen and oxygen atoms in total. The molecular formula is C15H12ClN5S. The van der Waals surface area contributed by atoms with E-state index in [0.29, 0.717) is 23.7 Å². The summed E-state index contributed by atoms with van der Waals surface area (Å²) in [5.41, 5.74) is 1.36. The highest BCUT2D eigenvalue weighted by Crippen LogP contribution is 2.27. The standard InChI is InChI=1S/C15H12ClN5S/c16-14-11(9-17)15(22-21-14)19-8-7-18-13-6-5-10-3-1-2-4-12(10)20-13/h1-6,19H,7-8H2,(H,18,20). The monoisotopic (exact) mass is 329 g/mol. The molecule has 0 aliphatic heterocycles. The van der Waals surface area contributed by atoms with Crippen LogP contribution < -0.4 is 10.6 Å². The topological polar surface area (TPSA) is 73.6 Å². The van der Waals surface area contributed by atoms with Crippen molar-refractivity contribution in [2.45, 2.75) is 0 Å². The normalized spacial score (nSPS) is 10.4. The number of aromatic nitrogens is 2. The van der Waals surface area contributed by atoms with Gasteiger partial charge in [0.05, 0.1) is 5.52 Å². The van der Waals surface area contributed by atoms with Crippen LogP contribution in [-0.4, -0.2) is 22.4 Å². The number of para-hydroxylation sites is 1. The van der Waals surface area contributed by atoms with Crippen molar-refractivity contribution in [3.8, 4) is 6.07 Å². The first-order valence-corrected chi connectivity index (χ1v) is 7.82. The summed E-state index contributed by atoms with van der Waals surface area (Å²) >= 11 is 7.01. The van der Waals surface area contributed by atoms with Gasteiger partial charge in [-0.1, -0.05) is 29.8 Å². The second-order valence-corrected chi connectivity index (χ2v) is 5.66. The van der Waals surface area contributed by atoms with Crippen LogP contribution in [0.15, 0.2) is 36.4 Å². The summed E-state index contributed by atoms with van der Waals surface area (Å²) in [5.74, 6) is 0.823. The number of nitrogens with zero attached hydrogens (tertiary/aromatic N) is 3. The molecule has 0 aliphatic carbocycles. The molecule has 22 heavy (non-hydrogen) atoms. The molecule has 110 valence electrons. The first-order chi connectivity index (χ1) is 10.8. The molecule has 1 aromatic carbocycles. The van der Waals surface area contributed by atoms with Crippen molar-refractivity contribution in [2.24, 2.45) is 0 Å². The van der Waals surface area contributed by atoms with Crippen LogP contribution in [0, 0.1) is 11.3 Å². The number of halogens is 1. The van der Waals surface area contributed by atoms with Gasteiger partial charge in [-0.05, 0) is 29.7 Å². The third-order valence-electron chi connectivity index (χ3n) is 3.08. The molecule has 2 heterocycles. The fourth-order valence-corrected chi connectivity index (χ4v) is 2.98. The van der Waals surface area contributed by atoms with E-state index in [9.17, 15) is 0 Å². The maximum atomic E-state index is 8.99. The molecule has 0 spiro atoms. The zero-order valence-electron chi connectivity index (χ0n) is 11.5. The molecule has 0 saturated carbocycles. The van der Waals surface area contributed by atoms with Crippen molar-refractivity contribution >= 4 is 44.9 Å². The van der Waals surface area contributed by atoms with Crippen LogP contribution in [-0.2, 0) is 0 Å². The average Bonchev–Trinajstić information content (AvgIpc) is 2.91. The number of pyridine rings is 1. The lowest BCUT2D eigenvalue weighted by molar-refractivity contribution is 1.07. The first-order valence-electron chi connectivity index (χ1n) is 6.67. The molecule has 7 heteroatoms. The smallest absolute Gasteiger partial charge is 0.162 e. The summed E-state index contributed by atoms with van der Waals surface area (Å²) in [7, 11) is 0. The Morgan fingerprint density at radius 1 is 1.14 bits per heavy atom. The predicted octanol–water partition coefficient (Wildman–Crippen LogP) is 3.74. The van der Waals surface area contributed by atoms with Crippen LogP contribution in [0.2, 0.25) is 5.15 Å². The Morgan fingerprint density at radius 3 is 2.82 bits per heavy atom. The predicted molar refractivity (Wildman–Crippen MR) is 90.6 cm³/mol. The van der Waals surface area contributed by atoms with Crippen LogP contribution >= 0.6 is 23.1 Å². The summed E-state index contributed by atoms with van der Waals surface area (Å²) in [5, 5.41) is 17.4. The van der Waals surface area contributed by atoms with E-state index >= 15 is 0 Å². The Morgan fingerprint density at radius 2 is 1.95 bits per heavy atom. The van der Waals surface area contributed by atoms with Crippen molar-refractivity contribution in [3.05, 3.63) is 47.1 Å². The third kappa shape index (κ3) is 3.11. The van der Waals surface area contributed by atoms with Crippen molar-refractivity contribution < 1.29 is 0 Å². The van der Waals surface area contributed by atoms with E-state index in [-0.39, 0.29) is 5.15 Å². The Labute approximate surface area is 136 Å². The van der Waals surface area contributed by atoms with Gasteiger partial charge >= 0.3 is 0 Å². The Hall–Kier alpha value is -2.36. The molecule has 0 amide bonds. The van der Waals surface area contributed by atoms with Gasteiger partial charge in [0.25, 0.3) is 0 Å². The van der Waals surface area contributed by atoms with E-state index in [1.54, 1.807) is 0 Å². The molecule has 2 N–H and O–H groups in total. The molecule has 0 unspecified atom stereocenters. The summed E-state index contributed by atoms with van der Waals surface area (Å²) in [6, 6.07) is 14.0. The molecule has 0 aliphatic rings. The minimum absolute atomic E-state index is 0.249. The van der Waals surface area contributed by atoms with E-state index in [2.05, 4.69) is 20.0 Å². The second kappa shape index (κ2) is 6.60. The summed E-state index contributed by atoms with van der Waals surface area (Å²) in [6.45, 7) is 1.31. The molecule has 0 fully saturated rings. The van der Waals surface area contributed by atoms with Gasteiger partial charge < -0.3 is 10.6 Å². The van der Waals surface area contributed by atoms with Crippen molar-refractivity contribution in [1.29, 1.82) is 5.26 Å². The van der Waals surface area contributed by atoms with Gasteiger partial charge in [0.2, 0.25) is 0 Å². The second-order valence-electron chi connectivity index (χ2n) is 4.53. The fraction of sp³-hybridized carbons (Fsp3) is 0.133. The van der Waals surface area contributed by atoms with Gasteiger partial charge in [0.1, 0.15) is 22.5 Å². The number of hydrogen-bond acceptors (Lipinski definition) is 6.